The summed E-state index contributed by atoms with van der Waals surface area (Å²) >= 11 is 8.99. The van der Waals surface area contributed by atoms with Gasteiger partial charge < -0.3 is 0 Å². The van der Waals surface area contributed by atoms with E-state index in [9.17, 15) is 8.42 Å². The van der Waals surface area contributed by atoms with E-state index in [1.54, 1.807) is 18.2 Å². The molecular formula is C9H7BrClN3O2S. The normalized spacial score (nSPS) is 11.4. The van der Waals surface area contributed by atoms with Crippen LogP contribution in [0.5, 0.6) is 0 Å². The van der Waals surface area contributed by atoms with Crippen molar-refractivity contribution in [2.45, 2.75) is 5.03 Å². The van der Waals surface area contributed by atoms with E-state index in [0.29, 0.717) is 15.2 Å². The Labute approximate surface area is 111 Å². The molecule has 0 saturated carbocycles. The number of rotatable bonds is 3. The van der Waals surface area contributed by atoms with E-state index in [2.05, 4.69) is 30.8 Å². The second-order valence-electron chi connectivity index (χ2n) is 3.15. The first-order valence-electron chi connectivity index (χ1n) is 4.46. The summed E-state index contributed by atoms with van der Waals surface area (Å²) in [7, 11) is -3.65. The number of sulfonamides is 1. The molecule has 0 spiro atoms. The van der Waals surface area contributed by atoms with Gasteiger partial charge in [-0.25, -0.2) is 0 Å². The van der Waals surface area contributed by atoms with Crippen molar-refractivity contribution < 1.29 is 8.42 Å². The third kappa shape index (κ3) is 2.80. The Morgan fingerprint density at radius 2 is 2.12 bits per heavy atom. The van der Waals surface area contributed by atoms with E-state index >= 15 is 0 Å². The van der Waals surface area contributed by atoms with Crippen molar-refractivity contribution in [3.8, 4) is 0 Å². The van der Waals surface area contributed by atoms with E-state index in [1.165, 1.54) is 12.3 Å². The topological polar surface area (TPSA) is 74.8 Å². The van der Waals surface area contributed by atoms with Gasteiger partial charge in [0, 0.05) is 9.50 Å². The Morgan fingerprint density at radius 3 is 2.71 bits per heavy atom. The van der Waals surface area contributed by atoms with Crippen LogP contribution in [0.25, 0.3) is 0 Å². The number of nitrogens with one attached hydrogen (secondary N) is 2. The Hall–Kier alpha value is -1.05. The van der Waals surface area contributed by atoms with E-state index in [0.717, 1.165) is 0 Å². The number of aromatic nitrogens is 2. The highest BCUT2D eigenvalue weighted by molar-refractivity contribution is 9.10. The first kappa shape index (κ1) is 12.4. The van der Waals surface area contributed by atoms with Crippen LogP contribution >= 0.6 is 27.5 Å². The van der Waals surface area contributed by atoms with Crippen molar-refractivity contribution in [2.24, 2.45) is 0 Å². The maximum atomic E-state index is 11.9. The monoisotopic (exact) mass is 335 g/mol. The molecule has 0 bridgehead atoms. The minimum atomic E-state index is -3.65. The summed E-state index contributed by atoms with van der Waals surface area (Å²) < 4.78 is 26.7. The fraction of sp³-hybridized carbons (Fsp3) is 0. The van der Waals surface area contributed by atoms with Gasteiger partial charge in [-0.3, -0.25) is 9.82 Å². The Morgan fingerprint density at radius 1 is 1.35 bits per heavy atom. The third-order valence-electron chi connectivity index (χ3n) is 1.94. The van der Waals surface area contributed by atoms with Gasteiger partial charge in [-0.15, -0.1) is 0 Å². The molecule has 17 heavy (non-hydrogen) atoms. The lowest BCUT2D eigenvalue weighted by molar-refractivity contribution is 0.597. The maximum Gasteiger partial charge on any atom is 0.278 e. The maximum absolute atomic E-state index is 11.9. The zero-order valence-corrected chi connectivity index (χ0v) is 11.5. The predicted molar refractivity (Wildman–Crippen MR) is 68.5 cm³/mol. The number of hydrogen-bond donors (Lipinski definition) is 2. The van der Waals surface area contributed by atoms with Gasteiger partial charge in [-0.2, -0.15) is 13.5 Å². The quantitative estimate of drug-likeness (QED) is 0.905. The average Bonchev–Trinajstić information content (AvgIpc) is 2.76. The molecule has 1 aromatic heterocycles. The molecule has 0 fully saturated rings. The third-order valence-corrected chi connectivity index (χ3v) is 4.13. The van der Waals surface area contributed by atoms with Crippen molar-refractivity contribution in [3.05, 3.63) is 40.0 Å². The summed E-state index contributed by atoms with van der Waals surface area (Å²) in [4.78, 5) is 0. The average molecular weight is 337 g/mol. The first-order chi connectivity index (χ1) is 7.99. The second kappa shape index (κ2) is 4.67. The van der Waals surface area contributed by atoms with Crippen LogP contribution < -0.4 is 4.72 Å². The van der Waals surface area contributed by atoms with Crippen molar-refractivity contribution >= 4 is 43.2 Å². The minimum Gasteiger partial charge on any atom is -0.277 e. The highest BCUT2D eigenvalue weighted by Crippen LogP contribution is 2.27. The number of aromatic amines is 1. The van der Waals surface area contributed by atoms with Gasteiger partial charge in [0.15, 0.2) is 5.03 Å². The SMILES string of the molecule is O=S(=O)(Nc1ccc(Cl)cc1Br)c1ccn[nH]1. The Bertz CT molecular complexity index is 628. The summed E-state index contributed by atoms with van der Waals surface area (Å²) in [5.41, 5.74) is 0.406. The smallest absolute Gasteiger partial charge is 0.277 e. The molecule has 1 heterocycles. The van der Waals surface area contributed by atoms with Crippen molar-refractivity contribution in [3.63, 3.8) is 0 Å². The molecule has 0 unspecified atom stereocenters. The van der Waals surface area contributed by atoms with Crippen LogP contribution in [-0.4, -0.2) is 18.6 Å². The number of anilines is 1. The van der Waals surface area contributed by atoms with Crippen LogP contribution in [0.2, 0.25) is 5.02 Å². The van der Waals surface area contributed by atoms with E-state index in [1.807, 2.05) is 0 Å². The molecule has 2 rings (SSSR count). The summed E-state index contributed by atoms with van der Waals surface area (Å²) in [6.45, 7) is 0. The molecule has 0 amide bonds. The number of H-pyrrole nitrogens is 1. The summed E-state index contributed by atoms with van der Waals surface area (Å²) in [6.07, 6.45) is 1.37. The van der Waals surface area contributed by atoms with Crippen LogP contribution in [-0.2, 0) is 10.0 Å². The molecule has 1 aromatic carbocycles. The molecule has 5 nitrogen and oxygen atoms in total. The standard InChI is InChI=1S/C9H7BrClN3O2S/c10-7-5-6(11)1-2-8(7)14-17(15,16)9-3-4-12-13-9/h1-5,14H,(H,12,13). The van der Waals surface area contributed by atoms with Crippen LogP contribution in [0.15, 0.2) is 40.0 Å². The number of benzene rings is 1. The van der Waals surface area contributed by atoms with E-state index in [4.69, 9.17) is 11.6 Å². The lowest BCUT2D eigenvalue weighted by atomic mass is 10.3. The fourth-order valence-electron chi connectivity index (χ4n) is 1.16. The van der Waals surface area contributed by atoms with Crippen molar-refractivity contribution in [1.29, 1.82) is 0 Å². The van der Waals surface area contributed by atoms with Crippen LogP contribution in [0, 0.1) is 0 Å². The van der Waals surface area contributed by atoms with Gasteiger partial charge >= 0.3 is 0 Å². The van der Waals surface area contributed by atoms with Gasteiger partial charge in [-0.05, 0) is 40.2 Å². The molecule has 0 saturated heterocycles. The van der Waals surface area contributed by atoms with Crippen molar-refractivity contribution in [1.82, 2.24) is 10.2 Å². The predicted octanol–water partition coefficient (Wildman–Crippen LogP) is 2.63. The zero-order valence-electron chi connectivity index (χ0n) is 8.31. The number of nitrogens with zero attached hydrogens (tertiary/aromatic N) is 1. The molecule has 2 N–H and O–H groups in total. The zero-order chi connectivity index (χ0) is 12.5. The Balaban J connectivity index is 2.33. The lowest BCUT2D eigenvalue weighted by Gasteiger charge is -2.08. The molecule has 0 radical (unpaired) electrons. The molecule has 0 aliphatic carbocycles. The molecule has 0 aliphatic rings. The van der Waals surface area contributed by atoms with Gasteiger partial charge in [0.05, 0.1) is 11.9 Å². The van der Waals surface area contributed by atoms with Gasteiger partial charge in [0.25, 0.3) is 10.0 Å². The van der Waals surface area contributed by atoms with E-state index < -0.39 is 10.0 Å². The Kier molecular flexibility index (Phi) is 3.41. The highest BCUT2D eigenvalue weighted by atomic mass is 79.9. The summed E-state index contributed by atoms with van der Waals surface area (Å²) in [5.74, 6) is 0. The van der Waals surface area contributed by atoms with Gasteiger partial charge in [-0.1, -0.05) is 11.6 Å². The van der Waals surface area contributed by atoms with Crippen LogP contribution in [0.1, 0.15) is 0 Å². The summed E-state index contributed by atoms with van der Waals surface area (Å²) in [5, 5.41) is 6.49. The largest absolute Gasteiger partial charge is 0.278 e. The highest BCUT2D eigenvalue weighted by Gasteiger charge is 2.16. The number of hydrogen-bond acceptors (Lipinski definition) is 3. The second-order valence-corrected chi connectivity index (χ2v) is 6.09. The minimum absolute atomic E-state index is 0.000602. The fourth-order valence-corrected chi connectivity index (χ4v) is 3.07. The van der Waals surface area contributed by atoms with Crippen LogP contribution in [0.4, 0.5) is 5.69 Å². The van der Waals surface area contributed by atoms with Crippen molar-refractivity contribution in [2.75, 3.05) is 4.72 Å². The molecule has 8 heteroatoms. The first-order valence-corrected chi connectivity index (χ1v) is 7.12. The summed E-state index contributed by atoms with van der Waals surface area (Å²) in [6, 6.07) is 6.13. The molecular weight excluding hydrogens is 330 g/mol. The lowest BCUT2D eigenvalue weighted by Crippen LogP contribution is -2.13. The van der Waals surface area contributed by atoms with Gasteiger partial charge in [0.1, 0.15) is 0 Å². The molecule has 0 atom stereocenters. The van der Waals surface area contributed by atoms with Crippen LogP contribution in [0.3, 0.4) is 0 Å². The number of halogens is 2. The molecule has 0 aliphatic heterocycles. The molecule has 2 aromatic rings. The molecule has 90 valence electrons. The van der Waals surface area contributed by atoms with E-state index in [-0.39, 0.29) is 5.03 Å². The van der Waals surface area contributed by atoms with Gasteiger partial charge in [0.2, 0.25) is 0 Å².